The van der Waals surface area contributed by atoms with Gasteiger partial charge >= 0.3 is 0 Å². The van der Waals surface area contributed by atoms with Crippen molar-refractivity contribution in [3.63, 3.8) is 0 Å². The third-order valence-electron chi connectivity index (χ3n) is 4.63. The van der Waals surface area contributed by atoms with E-state index in [1.807, 2.05) is 24.3 Å². The molecule has 0 heterocycles. The van der Waals surface area contributed by atoms with Gasteiger partial charge in [0.15, 0.2) is 0 Å². The molecule has 1 amide bonds. The molecule has 0 aromatic heterocycles. The van der Waals surface area contributed by atoms with Crippen molar-refractivity contribution in [2.24, 2.45) is 11.8 Å². The van der Waals surface area contributed by atoms with Gasteiger partial charge in [-0.1, -0.05) is 6.42 Å². The topological polar surface area (TPSA) is 32.3 Å². The Morgan fingerprint density at radius 2 is 1.89 bits per heavy atom. The van der Waals surface area contributed by atoms with Gasteiger partial charge in [-0.15, -0.1) is 0 Å². The number of hydrogen-bond donors (Lipinski definition) is 1. The lowest BCUT2D eigenvalue weighted by Gasteiger charge is -2.24. The third kappa shape index (κ3) is 2.46. The van der Waals surface area contributed by atoms with Gasteiger partial charge in [0.25, 0.3) is 5.91 Å². The van der Waals surface area contributed by atoms with Gasteiger partial charge in [-0.05, 0) is 55.4 Å². The molecule has 2 saturated carbocycles. The Bertz CT molecular complexity index is 466. The number of carbonyl (C=O) groups is 1. The molecule has 3 nitrogen and oxygen atoms in total. The van der Waals surface area contributed by atoms with Crippen molar-refractivity contribution in [1.29, 1.82) is 0 Å². The van der Waals surface area contributed by atoms with Crippen molar-refractivity contribution < 1.29 is 4.79 Å². The zero-order chi connectivity index (χ0) is 13.4. The molecule has 0 radical (unpaired) electrons. The van der Waals surface area contributed by atoms with Gasteiger partial charge in [0.1, 0.15) is 0 Å². The minimum atomic E-state index is 0.0615. The predicted molar refractivity (Wildman–Crippen MR) is 77.3 cm³/mol. The number of fused-ring (bicyclic) bond motifs is 2. The van der Waals surface area contributed by atoms with Crippen molar-refractivity contribution >= 4 is 11.6 Å². The monoisotopic (exact) mass is 258 g/mol. The summed E-state index contributed by atoms with van der Waals surface area (Å²) in [6, 6.07) is 8.54. The fourth-order valence-electron chi connectivity index (χ4n) is 3.60. The van der Waals surface area contributed by atoms with Crippen LogP contribution < -0.4 is 5.32 Å². The van der Waals surface area contributed by atoms with Gasteiger partial charge in [0, 0.05) is 31.4 Å². The maximum Gasteiger partial charge on any atom is 0.253 e. The van der Waals surface area contributed by atoms with Gasteiger partial charge in [-0.2, -0.15) is 0 Å². The Morgan fingerprint density at radius 3 is 2.42 bits per heavy atom. The molecule has 3 unspecified atom stereocenters. The van der Waals surface area contributed by atoms with Crippen LogP contribution in [0.2, 0.25) is 0 Å². The molecule has 0 saturated heterocycles. The SMILES string of the molecule is CN(C)C(=O)c1ccc(NC2CC3CCC2C3)cc1. The lowest BCUT2D eigenvalue weighted by molar-refractivity contribution is 0.0827. The summed E-state index contributed by atoms with van der Waals surface area (Å²) in [5.74, 6) is 1.89. The van der Waals surface area contributed by atoms with E-state index in [9.17, 15) is 4.79 Å². The highest BCUT2D eigenvalue weighted by Crippen LogP contribution is 2.45. The number of nitrogens with one attached hydrogen (secondary N) is 1. The molecule has 102 valence electrons. The van der Waals surface area contributed by atoms with E-state index in [2.05, 4.69) is 5.32 Å². The lowest BCUT2D eigenvalue weighted by atomic mass is 9.95. The molecular weight excluding hydrogens is 236 g/mol. The number of nitrogens with zero attached hydrogens (tertiary/aromatic N) is 1. The Labute approximate surface area is 115 Å². The van der Waals surface area contributed by atoms with E-state index in [0.717, 1.165) is 23.1 Å². The first-order valence-electron chi connectivity index (χ1n) is 7.22. The predicted octanol–water partition coefficient (Wildman–Crippen LogP) is 2.99. The highest BCUT2D eigenvalue weighted by atomic mass is 16.2. The fraction of sp³-hybridized carbons (Fsp3) is 0.562. The van der Waals surface area contributed by atoms with Crippen LogP contribution in [0, 0.1) is 11.8 Å². The lowest BCUT2D eigenvalue weighted by Crippen LogP contribution is -2.26. The molecule has 3 rings (SSSR count). The normalized spacial score (nSPS) is 28.4. The van der Waals surface area contributed by atoms with E-state index in [4.69, 9.17) is 0 Å². The van der Waals surface area contributed by atoms with Crippen LogP contribution in [0.15, 0.2) is 24.3 Å². The van der Waals surface area contributed by atoms with Gasteiger partial charge in [0.05, 0.1) is 0 Å². The van der Waals surface area contributed by atoms with Crippen molar-refractivity contribution in [2.45, 2.75) is 31.7 Å². The molecular formula is C16H22N2O. The summed E-state index contributed by atoms with van der Waals surface area (Å²) in [7, 11) is 3.56. The summed E-state index contributed by atoms with van der Waals surface area (Å²) in [6.45, 7) is 0. The van der Waals surface area contributed by atoms with Crippen LogP contribution in [0.1, 0.15) is 36.0 Å². The molecule has 0 spiro atoms. The quantitative estimate of drug-likeness (QED) is 0.904. The molecule has 2 aliphatic rings. The zero-order valence-electron chi connectivity index (χ0n) is 11.7. The molecule has 1 aromatic carbocycles. The van der Waals surface area contributed by atoms with Crippen LogP contribution >= 0.6 is 0 Å². The number of rotatable bonds is 3. The van der Waals surface area contributed by atoms with E-state index in [1.165, 1.54) is 25.7 Å². The molecule has 2 bridgehead atoms. The fourth-order valence-corrected chi connectivity index (χ4v) is 3.60. The zero-order valence-corrected chi connectivity index (χ0v) is 11.7. The first-order chi connectivity index (χ1) is 9.13. The Kier molecular flexibility index (Phi) is 3.21. The van der Waals surface area contributed by atoms with Crippen LogP contribution in [0.3, 0.4) is 0 Å². The highest BCUT2D eigenvalue weighted by Gasteiger charge is 2.39. The summed E-state index contributed by atoms with van der Waals surface area (Å²) < 4.78 is 0. The summed E-state index contributed by atoms with van der Waals surface area (Å²) in [6.07, 6.45) is 5.55. The van der Waals surface area contributed by atoms with E-state index in [0.29, 0.717) is 6.04 Å². The Balaban J connectivity index is 1.65. The summed E-state index contributed by atoms with van der Waals surface area (Å²) in [5, 5.41) is 3.64. The van der Waals surface area contributed by atoms with Crippen LogP contribution in [0.5, 0.6) is 0 Å². The first-order valence-corrected chi connectivity index (χ1v) is 7.22. The number of hydrogen-bond acceptors (Lipinski definition) is 2. The number of carbonyl (C=O) groups excluding carboxylic acids is 1. The minimum absolute atomic E-state index is 0.0615. The van der Waals surface area contributed by atoms with Gasteiger partial charge in [-0.3, -0.25) is 4.79 Å². The van der Waals surface area contributed by atoms with E-state index in [-0.39, 0.29) is 5.91 Å². The second-order valence-corrected chi connectivity index (χ2v) is 6.20. The van der Waals surface area contributed by atoms with Crippen molar-refractivity contribution in [3.05, 3.63) is 29.8 Å². The first kappa shape index (κ1) is 12.5. The van der Waals surface area contributed by atoms with Crippen LogP contribution in [-0.4, -0.2) is 30.9 Å². The molecule has 19 heavy (non-hydrogen) atoms. The average molecular weight is 258 g/mol. The maximum atomic E-state index is 11.8. The van der Waals surface area contributed by atoms with Crippen molar-refractivity contribution in [3.8, 4) is 0 Å². The summed E-state index contributed by atoms with van der Waals surface area (Å²) in [4.78, 5) is 13.4. The van der Waals surface area contributed by atoms with Crippen LogP contribution in [0.4, 0.5) is 5.69 Å². The minimum Gasteiger partial charge on any atom is -0.382 e. The van der Waals surface area contributed by atoms with Gasteiger partial charge < -0.3 is 10.2 Å². The van der Waals surface area contributed by atoms with E-state index < -0.39 is 0 Å². The maximum absolute atomic E-state index is 11.8. The molecule has 1 aromatic rings. The Morgan fingerprint density at radius 1 is 1.16 bits per heavy atom. The molecule has 0 aliphatic heterocycles. The number of amides is 1. The van der Waals surface area contributed by atoms with Gasteiger partial charge in [-0.25, -0.2) is 0 Å². The Hall–Kier alpha value is -1.51. The molecule has 3 atom stereocenters. The number of anilines is 1. The van der Waals surface area contributed by atoms with Crippen LogP contribution in [0.25, 0.3) is 0 Å². The molecule has 2 aliphatic carbocycles. The van der Waals surface area contributed by atoms with Crippen LogP contribution in [-0.2, 0) is 0 Å². The molecule has 1 N–H and O–H groups in total. The second-order valence-electron chi connectivity index (χ2n) is 6.20. The largest absolute Gasteiger partial charge is 0.382 e. The van der Waals surface area contributed by atoms with E-state index >= 15 is 0 Å². The summed E-state index contributed by atoms with van der Waals surface area (Å²) in [5.41, 5.74) is 1.90. The second kappa shape index (κ2) is 4.87. The highest BCUT2D eigenvalue weighted by molar-refractivity contribution is 5.94. The smallest absolute Gasteiger partial charge is 0.253 e. The van der Waals surface area contributed by atoms with Gasteiger partial charge in [0.2, 0.25) is 0 Å². The standard InChI is InChI=1S/C16H22N2O/c1-18(2)16(19)12-5-7-14(8-6-12)17-15-10-11-3-4-13(15)9-11/h5-8,11,13,15,17H,3-4,9-10H2,1-2H3. The number of benzene rings is 1. The summed E-state index contributed by atoms with van der Waals surface area (Å²) >= 11 is 0. The molecule has 3 heteroatoms. The van der Waals surface area contributed by atoms with E-state index in [1.54, 1.807) is 19.0 Å². The van der Waals surface area contributed by atoms with Crippen molar-refractivity contribution in [1.82, 2.24) is 4.90 Å². The third-order valence-corrected chi connectivity index (χ3v) is 4.63. The average Bonchev–Trinajstić information content (AvgIpc) is 3.01. The van der Waals surface area contributed by atoms with Crippen molar-refractivity contribution in [2.75, 3.05) is 19.4 Å². The molecule has 2 fully saturated rings.